The Morgan fingerprint density at radius 1 is 1.17 bits per heavy atom. The Morgan fingerprint density at radius 3 is 2.81 bits per heavy atom. The molecule has 1 saturated carbocycles. The number of aryl methyl sites for hydroxylation is 1. The van der Waals surface area contributed by atoms with Crippen molar-refractivity contribution in [1.82, 2.24) is 29.5 Å². The maximum atomic E-state index is 13.3. The first-order chi connectivity index (χ1) is 17.5. The van der Waals surface area contributed by atoms with Gasteiger partial charge >= 0.3 is 0 Å². The summed E-state index contributed by atoms with van der Waals surface area (Å²) in [4.78, 5) is 17.5. The molecule has 0 spiro atoms. The van der Waals surface area contributed by atoms with Crippen molar-refractivity contribution in [3.05, 3.63) is 72.1 Å². The summed E-state index contributed by atoms with van der Waals surface area (Å²) in [6, 6.07) is 9.19. The van der Waals surface area contributed by atoms with Crippen molar-refractivity contribution in [1.29, 1.82) is 0 Å². The molecule has 1 aliphatic rings. The summed E-state index contributed by atoms with van der Waals surface area (Å²) in [5.74, 6) is 0.0325. The molecule has 4 heterocycles. The van der Waals surface area contributed by atoms with Crippen molar-refractivity contribution in [2.75, 3.05) is 11.9 Å². The van der Waals surface area contributed by atoms with E-state index in [9.17, 15) is 9.18 Å². The second kappa shape index (κ2) is 8.68. The number of carbonyl (C=O) groups is 1. The molecule has 5 aromatic rings. The molecule has 0 aliphatic heterocycles. The van der Waals surface area contributed by atoms with Gasteiger partial charge in [-0.15, -0.1) is 0 Å². The fourth-order valence-corrected chi connectivity index (χ4v) is 4.08. The molecule has 2 atom stereocenters. The molecule has 11 heteroatoms. The number of benzene rings is 1. The van der Waals surface area contributed by atoms with E-state index in [1.165, 1.54) is 6.20 Å². The summed E-state index contributed by atoms with van der Waals surface area (Å²) in [7, 11) is 0. The minimum atomic E-state index is -0.919. The van der Waals surface area contributed by atoms with Crippen LogP contribution in [0.2, 0.25) is 0 Å². The second-order valence-corrected chi connectivity index (χ2v) is 8.82. The molecule has 36 heavy (non-hydrogen) atoms. The molecule has 1 aliphatic carbocycles. The lowest BCUT2D eigenvalue weighted by Gasteiger charge is -2.09. The number of nitrogens with one attached hydrogen (secondary N) is 1. The summed E-state index contributed by atoms with van der Waals surface area (Å²) < 4.78 is 21.8. The maximum Gasteiger partial charge on any atom is 0.259 e. The van der Waals surface area contributed by atoms with Gasteiger partial charge in [0.05, 0.1) is 42.5 Å². The van der Waals surface area contributed by atoms with Crippen molar-refractivity contribution in [2.45, 2.75) is 32.0 Å². The Morgan fingerprint density at radius 2 is 2.00 bits per heavy atom. The molecule has 4 aromatic heterocycles. The Hall–Kier alpha value is -4.38. The zero-order valence-corrected chi connectivity index (χ0v) is 19.3. The first kappa shape index (κ1) is 22.1. The van der Waals surface area contributed by atoms with Gasteiger partial charge < -0.3 is 14.9 Å². The number of aromatic nitrogens is 6. The third-order valence-electron chi connectivity index (χ3n) is 6.27. The van der Waals surface area contributed by atoms with Crippen molar-refractivity contribution in [2.24, 2.45) is 0 Å². The van der Waals surface area contributed by atoms with Crippen LogP contribution in [0.3, 0.4) is 0 Å². The lowest BCUT2D eigenvalue weighted by molar-refractivity contribution is 0.102. The fourth-order valence-electron chi connectivity index (χ4n) is 4.08. The van der Waals surface area contributed by atoms with Crippen LogP contribution in [-0.4, -0.2) is 53.3 Å². The fraction of sp³-hybridized carbons (Fsp3) is 0.240. The molecule has 1 amide bonds. The van der Waals surface area contributed by atoms with Gasteiger partial charge in [-0.05, 0) is 31.0 Å². The van der Waals surface area contributed by atoms with Crippen molar-refractivity contribution in [3.63, 3.8) is 0 Å². The van der Waals surface area contributed by atoms with Crippen LogP contribution in [0.4, 0.5) is 10.1 Å². The number of aliphatic hydroxyl groups is 1. The quantitative estimate of drug-likeness (QED) is 0.359. The lowest BCUT2D eigenvalue weighted by atomic mass is 10.1. The smallest absolute Gasteiger partial charge is 0.259 e. The standard InChI is InChI=1S/C25H22FN7O3/c1-14-2-3-15(23-30-25(36-31-23)18-9-20(18)26)8-21(14)29-24(35)19-11-28-33-13-16(4-5-22(19)33)17-10-27-32(12-17)6-7-34/h2-5,8,10-13,18,20,34H,6-7,9H2,1H3,(H,29,35)/t18-,20-/m0/s1. The molecule has 182 valence electrons. The molecule has 10 nitrogen and oxygen atoms in total. The van der Waals surface area contributed by atoms with Crippen LogP contribution in [0.5, 0.6) is 0 Å². The van der Waals surface area contributed by atoms with Crippen LogP contribution in [-0.2, 0) is 6.54 Å². The number of carbonyl (C=O) groups excluding carboxylic acids is 1. The largest absolute Gasteiger partial charge is 0.394 e. The number of halogens is 1. The summed E-state index contributed by atoms with van der Waals surface area (Å²) in [6.07, 6.45) is 6.41. The van der Waals surface area contributed by atoms with E-state index in [4.69, 9.17) is 9.63 Å². The highest BCUT2D eigenvalue weighted by molar-refractivity contribution is 6.09. The van der Waals surface area contributed by atoms with Gasteiger partial charge in [0.25, 0.3) is 5.91 Å². The first-order valence-electron chi connectivity index (χ1n) is 11.5. The first-order valence-corrected chi connectivity index (χ1v) is 11.5. The minimum absolute atomic E-state index is 0.0103. The lowest BCUT2D eigenvalue weighted by Crippen LogP contribution is -2.12. The second-order valence-electron chi connectivity index (χ2n) is 8.82. The number of pyridine rings is 1. The van der Waals surface area contributed by atoms with Gasteiger partial charge in [0.15, 0.2) is 0 Å². The van der Waals surface area contributed by atoms with Crippen LogP contribution in [0.1, 0.15) is 34.2 Å². The molecular weight excluding hydrogens is 465 g/mol. The highest BCUT2D eigenvalue weighted by Gasteiger charge is 2.43. The van der Waals surface area contributed by atoms with Gasteiger partial charge in [0.1, 0.15) is 6.17 Å². The van der Waals surface area contributed by atoms with Crippen LogP contribution in [0.25, 0.3) is 28.0 Å². The van der Waals surface area contributed by atoms with E-state index >= 15 is 0 Å². The van der Waals surface area contributed by atoms with E-state index < -0.39 is 6.17 Å². The third-order valence-corrected chi connectivity index (χ3v) is 6.27. The normalized spacial score (nSPS) is 17.0. The molecule has 0 radical (unpaired) electrons. The monoisotopic (exact) mass is 487 g/mol. The number of rotatable bonds is 7. The molecule has 0 bridgehead atoms. The summed E-state index contributed by atoms with van der Waals surface area (Å²) in [5.41, 5.74) is 4.97. The molecule has 2 N–H and O–H groups in total. The zero-order valence-electron chi connectivity index (χ0n) is 19.3. The average Bonchev–Trinajstić information content (AvgIpc) is 3.29. The van der Waals surface area contributed by atoms with Gasteiger partial charge in [-0.2, -0.15) is 15.2 Å². The van der Waals surface area contributed by atoms with Gasteiger partial charge in [0.2, 0.25) is 11.7 Å². The van der Waals surface area contributed by atoms with E-state index in [-0.39, 0.29) is 18.4 Å². The molecule has 0 saturated heterocycles. The van der Waals surface area contributed by atoms with E-state index in [1.807, 2.05) is 43.6 Å². The van der Waals surface area contributed by atoms with Crippen LogP contribution >= 0.6 is 0 Å². The number of amides is 1. The minimum Gasteiger partial charge on any atom is -0.394 e. The highest BCUT2D eigenvalue weighted by Crippen LogP contribution is 2.43. The van der Waals surface area contributed by atoms with Gasteiger partial charge in [-0.25, -0.2) is 8.91 Å². The number of fused-ring (bicyclic) bond motifs is 1. The van der Waals surface area contributed by atoms with Crippen LogP contribution in [0.15, 0.2) is 59.6 Å². The summed E-state index contributed by atoms with van der Waals surface area (Å²) >= 11 is 0. The maximum absolute atomic E-state index is 13.3. The number of hydrogen-bond donors (Lipinski definition) is 2. The van der Waals surface area contributed by atoms with Crippen LogP contribution in [0, 0.1) is 6.92 Å². The number of alkyl halides is 1. The average molecular weight is 487 g/mol. The highest BCUT2D eigenvalue weighted by atomic mass is 19.1. The third kappa shape index (κ3) is 4.03. The van der Waals surface area contributed by atoms with Gasteiger partial charge in [-0.1, -0.05) is 23.4 Å². The Bertz CT molecular complexity index is 1590. The SMILES string of the molecule is Cc1ccc(-c2noc([C@H]3C[C@@H]3F)n2)cc1NC(=O)c1cnn2cc(-c3cnn(CCO)c3)ccc12. The number of nitrogens with zero attached hydrogens (tertiary/aromatic N) is 6. The van der Waals surface area contributed by atoms with E-state index in [1.54, 1.807) is 21.5 Å². The molecular formula is C25H22FN7O3. The molecule has 1 fully saturated rings. The van der Waals surface area contributed by atoms with E-state index in [0.717, 1.165) is 16.7 Å². The summed E-state index contributed by atoms with van der Waals surface area (Å²) in [6.45, 7) is 2.32. The van der Waals surface area contributed by atoms with Crippen LogP contribution < -0.4 is 5.32 Å². The van der Waals surface area contributed by atoms with Gasteiger partial charge in [0, 0.05) is 34.8 Å². The zero-order chi connectivity index (χ0) is 24.8. The Kier molecular flexibility index (Phi) is 5.33. The number of aliphatic hydroxyl groups excluding tert-OH is 1. The number of anilines is 1. The van der Waals surface area contributed by atoms with Gasteiger partial charge in [-0.3, -0.25) is 9.48 Å². The summed E-state index contributed by atoms with van der Waals surface area (Å²) in [5, 5.41) is 24.6. The predicted molar refractivity (Wildman–Crippen MR) is 128 cm³/mol. The molecule has 6 rings (SSSR count). The van der Waals surface area contributed by atoms with Crippen molar-refractivity contribution >= 4 is 17.1 Å². The molecule has 1 aromatic carbocycles. The van der Waals surface area contributed by atoms with Crippen molar-refractivity contribution < 1.29 is 18.8 Å². The van der Waals surface area contributed by atoms with Crippen molar-refractivity contribution in [3.8, 4) is 22.5 Å². The Balaban J connectivity index is 1.23. The van der Waals surface area contributed by atoms with E-state index in [0.29, 0.717) is 47.0 Å². The van der Waals surface area contributed by atoms with E-state index in [2.05, 4.69) is 25.7 Å². The number of hydrogen-bond acceptors (Lipinski definition) is 7. The molecule has 0 unspecified atom stereocenters. The predicted octanol–water partition coefficient (Wildman–Crippen LogP) is 3.63. The topological polar surface area (TPSA) is 123 Å². The Labute approximate surface area is 204 Å².